The van der Waals surface area contributed by atoms with Crippen molar-refractivity contribution in [2.45, 2.75) is 31.0 Å². The zero-order valence-electron chi connectivity index (χ0n) is 10.6. The van der Waals surface area contributed by atoms with E-state index in [1.807, 2.05) is 0 Å². The monoisotopic (exact) mass is 303 g/mol. The van der Waals surface area contributed by atoms with E-state index in [0.29, 0.717) is 17.8 Å². The molecule has 0 unspecified atom stereocenters. The predicted molar refractivity (Wildman–Crippen MR) is 76.8 cm³/mol. The standard InChI is InChI=1S/C14H15ClFNO.ClH/c1-17-9-2-3-10(17)7-12(6-9)18-11-4-5-13(15)14(16)8-11;/h2-5,8-10,12H,6-7H2,1H3;1H/t9-,10+,12-;. The fourth-order valence-corrected chi connectivity index (χ4v) is 2.85. The molecule has 0 amide bonds. The molecule has 5 heteroatoms. The molecule has 0 radical (unpaired) electrons. The Hall–Kier alpha value is -0.770. The Morgan fingerprint density at radius 1 is 1.26 bits per heavy atom. The quantitative estimate of drug-likeness (QED) is 0.773. The van der Waals surface area contributed by atoms with Gasteiger partial charge in [-0.05, 0) is 19.2 Å². The maximum Gasteiger partial charge on any atom is 0.145 e. The summed E-state index contributed by atoms with van der Waals surface area (Å²) in [5, 5.41) is 0.132. The summed E-state index contributed by atoms with van der Waals surface area (Å²) in [4.78, 5) is 2.35. The lowest BCUT2D eigenvalue weighted by molar-refractivity contribution is 0.0749. The van der Waals surface area contributed by atoms with E-state index in [4.69, 9.17) is 16.3 Å². The summed E-state index contributed by atoms with van der Waals surface area (Å²) in [5.74, 6) is 0.133. The second kappa shape index (κ2) is 5.70. The van der Waals surface area contributed by atoms with Crippen molar-refractivity contribution >= 4 is 24.0 Å². The van der Waals surface area contributed by atoms with Crippen molar-refractivity contribution in [3.8, 4) is 5.75 Å². The number of piperidine rings is 1. The number of hydrogen-bond donors (Lipinski definition) is 0. The number of hydrogen-bond acceptors (Lipinski definition) is 2. The molecule has 104 valence electrons. The summed E-state index contributed by atoms with van der Waals surface area (Å²) < 4.78 is 19.2. The zero-order chi connectivity index (χ0) is 12.7. The molecular formula is C14H16Cl2FNO. The summed E-state index contributed by atoms with van der Waals surface area (Å²) >= 11 is 5.65. The third-order valence-corrected chi connectivity index (χ3v) is 4.11. The molecule has 1 saturated heterocycles. The average molecular weight is 304 g/mol. The minimum Gasteiger partial charge on any atom is -0.490 e. The van der Waals surface area contributed by atoms with Crippen LogP contribution in [-0.4, -0.2) is 30.1 Å². The van der Waals surface area contributed by atoms with Gasteiger partial charge in [0.05, 0.1) is 5.02 Å². The number of fused-ring (bicyclic) bond motifs is 2. The van der Waals surface area contributed by atoms with Gasteiger partial charge in [0.1, 0.15) is 17.7 Å². The van der Waals surface area contributed by atoms with Crippen LogP contribution in [0.15, 0.2) is 30.4 Å². The third-order valence-electron chi connectivity index (χ3n) is 3.80. The summed E-state index contributed by atoms with van der Waals surface area (Å²) in [6.45, 7) is 0. The van der Waals surface area contributed by atoms with Crippen molar-refractivity contribution in [2.75, 3.05) is 7.05 Å². The smallest absolute Gasteiger partial charge is 0.145 e. The van der Waals surface area contributed by atoms with E-state index in [1.165, 1.54) is 12.1 Å². The van der Waals surface area contributed by atoms with Crippen molar-refractivity contribution in [3.05, 3.63) is 41.2 Å². The SMILES string of the molecule is CN1[C@@H]2C=C[C@H]1C[C@H](Oc1ccc(Cl)c(F)c1)C2.Cl. The Balaban J connectivity index is 0.00000133. The Labute approximate surface area is 123 Å². The molecular weight excluding hydrogens is 288 g/mol. The maximum atomic E-state index is 13.3. The van der Waals surface area contributed by atoms with E-state index in [-0.39, 0.29) is 23.5 Å². The van der Waals surface area contributed by atoms with Gasteiger partial charge in [-0.2, -0.15) is 0 Å². The Morgan fingerprint density at radius 3 is 2.47 bits per heavy atom. The number of likely N-dealkylation sites (N-methyl/N-ethyl adjacent to an activating group) is 1. The van der Waals surface area contributed by atoms with E-state index in [9.17, 15) is 4.39 Å². The van der Waals surface area contributed by atoms with Crippen molar-refractivity contribution in [3.63, 3.8) is 0 Å². The van der Waals surface area contributed by atoms with Crippen molar-refractivity contribution in [1.29, 1.82) is 0 Å². The number of ether oxygens (including phenoxy) is 1. The molecule has 3 atom stereocenters. The first-order chi connectivity index (χ1) is 8.63. The van der Waals surface area contributed by atoms with E-state index in [1.54, 1.807) is 6.07 Å². The molecule has 0 aromatic heterocycles. The number of rotatable bonds is 2. The predicted octanol–water partition coefficient (Wildman–Crippen LogP) is 3.68. The van der Waals surface area contributed by atoms with Gasteiger partial charge in [0.2, 0.25) is 0 Å². The van der Waals surface area contributed by atoms with Gasteiger partial charge in [-0.25, -0.2) is 4.39 Å². The fraction of sp³-hybridized carbons (Fsp3) is 0.429. The van der Waals surface area contributed by atoms with Gasteiger partial charge < -0.3 is 4.74 Å². The van der Waals surface area contributed by atoms with E-state index in [2.05, 4.69) is 24.1 Å². The molecule has 2 aliphatic heterocycles. The van der Waals surface area contributed by atoms with Crippen LogP contribution in [0.2, 0.25) is 5.02 Å². The molecule has 2 nitrogen and oxygen atoms in total. The summed E-state index contributed by atoms with van der Waals surface area (Å²) in [5.41, 5.74) is 0. The summed E-state index contributed by atoms with van der Waals surface area (Å²) in [6, 6.07) is 5.51. The first-order valence-electron chi connectivity index (χ1n) is 6.15. The van der Waals surface area contributed by atoms with E-state index >= 15 is 0 Å². The van der Waals surface area contributed by atoms with Crippen LogP contribution in [-0.2, 0) is 0 Å². The van der Waals surface area contributed by atoms with Crippen LogP contribution in [0, 0.1) is 5.82 Å². The van der Waals surface area contributed by atoms with E-state index in [0.717, 1.165) is 12.8 Å². The van der Waals surface area contributed by atoms with E-state index < -0.39 is 5.82 Å². The molecule has 3 rings (SSSR count). The van der Waals surface area contributed by atoms with Gasteiger partial charge in [0.25, 0.3) is 0 Å². The minimum absolute atomic E-state index is 0. The molecule has 0 aliphatic carbocycles. The van der Waals surface area contributed by atoms with Crippen LogP contribution in [0.1, 0.15) is 12.8 Å². The van der Waals surface area contributed by atoms with Gasteiger partial charge in [-0.15, -0.1) is 12.4 Å². The number of benzene rings is 1. The molecule has 0 saturated carbocycles. The Bertz CT molecular complexity index is 478. The lowest BCUT2D eigenvalue weighted by Crippen LogP contribution is -2.44. The zero-order valence-corrected chi connectivity index (χ0v) is 12.1. The molecule has 19 heavy (non-hydrogen) atoms. The van der Waals surface area contributed by atoms with Crippen LogP contribution in [0.5, 0.6) is 5.75 Å². The topological polar surface area (TPSA) is 12.5 Å². The molecule has 0 N–H and O–H groups in total. The lowest BCUT2D eigenvalue weighted by Gasteiger charge is -2.36. The van der Waals surface area contributed by atoms with Crippen LogP contribution >= 0.6 is 24.0 Å². The minimum atomic E-state index is -0.428. The fourth-order valence-electron chi connectivity index (χ4n) is 2.74. The highest BCUT2D eigenvalue weighted by atomic mass is 35.5. The average Bonchev–Trinajstić information content (AvgIpc) is 2.58. The van der Waals surface area contributed by atoms with Crippen LogP contribution in [0.25, 0.3) is 0 Å². The molecule has 1 fully saturated rings. The Kier molecular flexibility index (Phi) is 4.39. The molecule has 2 heterocycles. The lowest BCUT2D eigenvalue weighted by atomic mass is 9.99. The maximum absolute atomic E-state index is 13.3. The molecule has 2 bridgehead atoms. The number of nitrogens with zero attached hydrogens (tertiary/aromatic N) is 1. The van der Waals surface area contributed by atoms with Crippen molar-refractivity contribution < 1.29 is 9.13 Å². The first kappa shape index (κ1) is 14.6. The highest BCUT2D eigenvalue weighted by Crippen LogP contribution is 2.32. The third kappa shape index (κ3) is 2.88. The van der Waals surface area contributed by atoms with Gasteiger partial charge in [0.15, 0.2) is 0 Å². The van der Waals surface area contributed by atoms with Gasteiger partial charge in [-0.1, -0.05) is 23.8 Å². The second-order valence-electron chi connectivity index (χ2n) is 4.97. The highest BCUT2D eigenvalue weighted by Gasteiger charge is 2.35. The first-order valence-corrected chi connectivity index (χ1v) is 6.53. The van der Waals surface area contributed by atoms with Gasteiger partial charge in [-0.3, -0.25) is 4.90 Å². The summed E-state index contributed by atoms with van der Waals surface area (Å²) in [7, 11) is 2.13. The van der Waals surface area contributed by atoms with Gasteiger partial charge >= 0.3 is 0 Å². The molecule has 2 aliphatic rings. The van der Waals surface area contributed by atoms with Crippen molar-refractivity contribution in [1.82, 2.24) is 4.90 Å². The highest BCUT2D eigenvalue weighted by molar-refractivity contribution is 6.30. The Morgan fingerprint density at radius 2 is 1.89 bits per heavy atom. The normalized spacial score (nSPS) is 29.1. The second-order valence-corrected chi connectivity index (χ2v) is 5.38. The van der Waals surface area contributed by atoms with Gasteiger partial charge in [0, 0.05) is 31.0 Å². The number of halogens is 3. The molecule has 0 spiro atoms. The summed E-state index contributed by atoms with van der Waals surface area (Å²) in [6.07, 6.45) is 6.51. The largest absolute Gasteiger partial charge is 0.490 e. The van der Waals surface area contributed by atoms with Crippen LogP contribution < -0.4 is 4.74 Å². The molecule has 1 aromatic rings. The molecule has 1 aromatic carbocycles. The van der Waals surface area contributed by atoms with Crippen LogP contribution in [0.4, 0.5) is 4.39 Å². The van der Waals surface area contributed by atoms with Crippen molar-refractivity contribution in [2.24, 2.45) is 0 Å². The van der Waals surface area contributed by atoms with Crippen LogP contribution in [0.3, 0.4) is 0 Å².